The monoisotopic (exact) mass is 382 g/mol. The fourth-order valence-electron chi connectivity index (χ4n) is 3.58. The summed E-state index contributed by atoms with van der Waals surface area (Å²) in [7, 11) is 0. The predicted molar refractivity (Wildman–Crippen MR) is 110 cm³/mol. The lowest BCUT2D eigenvalue weighted by Crippen LogP contribution is -2.47. The van der Waals surface area contributed by atoms with Gasteiger partial charge >= 0.3 is 0 Å². The zero-order valence-corrected chi connectivity index (χ0v) is 16.3. The van der Waals surface area contributed by atoms with Gasteiger partial charge < -0.3 is 20.2 Å². The van der Waals surface area contributed by atoms with Gasteiger partial charge in [0.15, 0.2) is 17.0 Å². The maximum absolute atomic E-state index is 9.12. The second kappa shape index (κ2) is 7.97. The largest absolute Gasteiger partial charge is 0.395 e. The van der Waals surface area contributed by atoms with Crippen LogP contribution in [0.1, 0.15) is 19.9 Å². The third-order valence-electron chi connectivity index (χ3n) is 4.91. The molecule has 4 heterocycles. The van der Waals surface area contributed by atoms with Gasteiger partial charge in [0.1, 0.15) is 12.1 Å². The van der Waals surface area contributed by atoms with Gasteiger partial charge in [-0.3, -0.25) is 4.57 Å². The van der Waals surface area contributed by atoms with Crippen LogP contribution in [-0.4, -0.2) is 68.9 Å². The highest BCUT2D eigenvalue weighted by Gasteiger charge is 2.25. The van der Waals surface area contributed by atoms with Gasteiger partial charge in [0.05, 0.1) is 6.61 Å². The van der Waals surface area contributed by atoms with Crippen molar-refractivity contribution in [2.75, 3.05) is 54.4 Å². The molecular weight excluding hydrogens is 356 g/mol. The van der Waals surface area contributed by atoms with E-state index in [0.29, 0.717) is 12.4 Å². The Hall–Kier alpha value is -2.94. The molecule has 9 nitrogen and oxygen atoms in total. The number of aromatic nitrogens is 5. The molecule has 1 aliphatic heterocycles. The Labute approximate surface area is 164 Å². The lowest BCUT2D eigenvalue weighted by atomic mass is 10.3. The third kappa shape index (κ3) is 3.45. The summed E-state index contributed by atoms with van der Waals surface area (Å²) < 4.78 is 2.16. The molecular formula is C19H26N8O. The van der Waals surface area contributed by atoms with Crippen LogP contribution in [0.2, 0.25) is 0 Å². The first-order valence-electron chi connectivity index (χ1n) is 9.67. The van der Waals surface area contributed by atoms with E-state index in [4.69, 9.17) is 10.1 Å². The highest BCUT2D eigenvalue weighted by molar-refractivity contribution is 5.85. The van der Waals surface area contributed by atoms with Crippen molar-refractivity contribution in [2.24, 2.45) is 0 Å². The fourth-order valence-corrected chi connectivity index (χ4v) is 3.58. The fraction of sp³-hybridized carbons (Fsp3) is 0.474. The Bertz CT molecular complexity index is 918. The summed E-state index contributed by atoms with van der Waals surface area (Å²) in [4.78, 5) is 22.8. The summed E-state index contributed by atoms with van der Waals surface area (Å²) >= 11 is 0. The normalized spacial score (nSPS) is 14.9. The predicted octanol–water partition coefficient (Wildman–Crippen LogP) is 1.53. The van der Waals surface area contributed by atoms with Crippen LogP contribution in [-0.2, 0) is 0 Å². The first kappa shape index (κ1) is 18.4. The van der Waals surface area contributed by atoms with Gasteiger partial charge in [-0.25, -0.2) is 19.9 Å². The molecule has 28 heavy (non-hydrogen) atoms. The quantitative estimate of drug-likeness (QED) is 0.663. The Balaban J connectivity index is 1.62. The minimum Gasteiger partial charge on any atom is -0.395 e. The average Bonchev–Trinajstić information content (AvgIpc) is 3.13. The maximum atomic E-state index is 9.12. The lowest BCUT2D eigenvalue weighted by Gasteiger charge is -2.36. The first-order valence-corrected chi connectivity index (χ1v) is 9.67. The zero-order chi connectivity index (χ0) is 19.5. The molecule has 1 aliphatic rings. The number of anilines is 3. The summed E-state index contributed by atoms with van der Waals surface area (Å²) in [6, 6.07) is 6.23. The van der Waals surface area contributed by atoms with E-state index < -0.39 is 0 Å². The van der Waals surface area contributed by atoms with Crippen LogP contribution in [0.3, 0.4) is 0 Å². The summed E-state index contributed by atoms with van der Waals surface area (Å²) in [5.74, 6) is 2.59. The van der Waals surface area contributed by atoms with Gasteiger partial charge in [0.2, 0.25) is 5.95 Å². The van der Waals surface area contributed by atoms with Gasteiger partial charge in [0, 0.05) is 45.0 Å². The SMILES string of the molecule is CC(C)n1c(N2CCN(c3ccccn3)CC2)nc2c(NCCO)ncnc21. The van der Waals surface area contributed by atoms with Crippen LogP contribution in [0.5, 0.6) is 0 Å². The highest BCUT2D eigenvalue weighted by Crippen LogP contribution is 2.29. The molecule has 0 aromatic carbocycles. The molecule has 1 saturated heterocycles. The standard InChI is InChI=1S/C19H26N8O/c1-14(2)27-18-16(17(21-7-12-28)22-13-23-18)24-19(27)26-10-8-25(9-11-26)15-5-3-4-6-20-15/h3-6,13-14,28H,7-12H2,1-2H3,(H,21,22,23). The van der Waals surface area contributed by atoms with E-state index >= 15 is 0 Å². The average molecular weight is 382 g/mol. The molecule has 3 aromatic rings. The first-order chi connectivity index (χ1) is 13.7. The molecule has 0 atom stereocenters. The molecule has 0 bridgehead atoms. The maximum Gasteiger partial charge on any atom is 0.208 e. The van der Waals surface area contributed by atoms with E-state index in [0.717, 1.165) is 49.1 Å². The van der Waals surface area contributed by atoms with E-state index in [-0.39, 0.29) is 12.6 Å². The van der Waals surface area contributed by atoms with Crippen molar-refractivity contribution in [1.29, 1.82) is 0 Å². The minimum atomic E-state index is 0.0404. The molecule has 0 saturated carbocycles. The number of hydrogen-bond donors (Lipinski definition) is 2. The van der Waals surface area contributed by atoms with Gasteiger partial charge in [0.25, 0.3) is 0 Å². The number of fused-ring (bicyclic) bond motifs is 1. The number of nitrogens with zero attached hydrogens (tertiary/aromatic N) is 7. The Morgan fingerprint density at radius 3 is 2.54 bits per heavy atom. The summed E-state index contributed by atoms with van der Waals surface area (Å²) in [6.07, 6.45) is 3.38. The Kier molecular flexibility index (Phi) is 5.25. The number of piperazine rings is 1. The number of aliphatic hydroxyl groups is 1. The van der Waals surface area contributed by atoms with Gasteiger partial charge in [-0.05, 0) is 26.0 Å². The van der Waals surface area contributed by atoms with E-state index in [1.807, 2.05) is 24.4 Å². The van der Waals surface area contributed by atoms with Crippen molar-refractivity contribution in [1.82, 2.24) is 24.5 Å². The molecule has 0 unspecified atom stereocenters. The lowest BCUT2D eigenvalue weighted by molar-refractivity contribution is 0.311. The minimum absolute atomic E-state index is 0.0404. The topological polar surface area (TPSA) is 95.2 Å². The smallest absolute Gasteiger partial charge is 0.208 e. The second-order valence-electron chi connectivity index (χ2n) is 7.08. The molecule has 148 valence electrons. The molecule has 2 N–H and O–H groups in total. The van der Waals surface area contributed by atoms with Crippen LogP contribution in [0.15, 0.2) is 30.7 Å². The number of nitrogens with one attached hydrogen (secondary N) is 1. The van der Waals surface area contributed by atoms with Crippen molar-refractivity contribution >= 4 is 28.7 Å². The third-order valence-corrected chi connectivity index (χ3v) is 4.91. The van der Waals surface area contributed by atoms with Gasteiger partial charge in [-0.1, -0.05) is 6.07 Å². The van der Waals surface area contributed by atoms with Crippen LogP contribution in [0.25, 0.3) is 11.2 Å². The van der Waals surface area contributed by atoms with Crippen LogP contribution < -0.4 is 15.1 Å². The molecule has 9 heteroatoms. The van der Waals surface area contributed by atoms with Crippen molar-refractivity contribution in [2.45, 2.75) is 19.9 Å². The number of imidazole rings is 1. The Morgan fingerprint density at radius 2 is 1.86 bits per heavy atom. The van der Waals surface area contributed by atoms with Gasteiger partial charge in [-0.15, -0.1) is 0 Å². The van der Waals surface area contributed by atoms with E-state index in [1.165, 1.54) is 0 Å². The number of rotatable bonds is 6. The second-order valence-corrected chi connectivity index (χ2v) is 7.08. The summed E-state index contributed by atoms with van der Waals surface area (Å²) in [5, 5.41) is 12.3. The van der Waals surface area contributed by atoms with Crippen molar-refractivity contribution < 1.29 is 5.11 Å². The Morgan fingerprint density at radius 1 is 1.07 bits per heavy atom. The molecule has 1 fully saturated rings. The van der Waals surface area contributed by atoms with Crippen molar-refractivity contribution in [3.05, 3.63) is 30.7 Å². The summed E-state index contributed by atoms with van der Waals surface area (Å²) in [5.41, 5.74) is 1.56. The van der Waals surface area contributed by atoms with Gasteiger partial charge in [-0.2, -0.15) is 0 Å². The number of aliphatic hydroxyl groups excluding tert-OH is 1. The molecule has 0 amide bonds. The molecule has 4 rings (SSSR count). The molecule has 3 aromatic heterocycles. The molecule has 0 spiro atoms. The van der Waals surface area contributed by atoms with E-state index in [2.05, 4.69) is 48.5 Å². The molecule has 0 aliphatic carbocycles. The molecule has 0 radical (unpaired) electrons. The number of hydrogen-bond acceptors (Lipinski definition) is 8. The zero-order valence-electron chi connectivity index (χ0n) is 16.3. The highest BCUT2D eigenvalue weighted by atomic mass is 16.3. The van der Waals surface area contributed by atoms with E-state index in [9.17, 15) is 0 Å². The summed E-state index contributed by atoms with van der Waals surface area (Å²) in [6.45, 7) is 8.24. The van der Waals surface area contributed by atoms with E-state index in [1.54, 1.807) is 6.33 Å². The van der Waals surface area contributed by atoms with Crippen LogP contribution in [0, 0.1) is 0 Å². The van der Waals surface area contributed by atoms with Crippen molar-refractivity contribution in [3.8, 4) is 0 Å². The van der Waals surface area contributed by atoms with Crippen LogP contribution >= 0.6 is 0 Å². The number of pyridine rings is 1. The van der Waals surface area contributed by atoms with Crippen LogP contribution in [0.4, 0.5) is 17.6 Å². The van der Waals surface area contributed by atoms with Crippen molar-refractivity contribution in [3.63, 3.8) is 0 Å².